The topological polar surface area (TPSA) is 44.3 Å². The van der Waals surface area contributed by atoms with Crippen LogP contribution in [0.2, 0.25) is 0 Å². The number of piperazine rings is 2. The van der Waals surface area contributed by atoms with Crippen LogP contribution in [0.5, 0.6) is 11.6 Å². The molecular weight excluding hydrogens is 639 g/mol. The molecule has 2 aliphatic heterocycles. The van der Waals surface area contributed by atoms with Gasteiger partial charge in [0.05, 0.1) is 18.7 Å². The Hall–Kier alpha value is -4.11. The van der Waals surface area contributed by atoms with E-state index in [-0.39, 0.29) is 0 Å². The van der Waals surface area contributed by atoms with Crippen molar-refractivity contribution in [2.45, 2.75) is 32.1 Å². The lowest BCUT2D eigenvalue weighted by Gasteiger charge is -2.37. The molecule has 0 spiro atoms. The molecule has 3 aromatic carbocycles. The zero-order valence-electron chi connectivity index (χ0n) is 29.1. The molecule has 260 valence electrons. The van der Waals surface area contributed by atoms with Crippen molar-refractivity contribution < 1.29 is 9.47 Å². The summed E-state index contributed by atoms with van der Waals surface area (Å²) in [4.78, 5) is 15.1. The Morgan fingerprint density at radius 2 is 1.36 bits per heavy atom. The van der Waals surface area contributed by atoms with Gasteiger partial charge in [0.15, 0.2) is 0 Å². The number of rotatable bonds is 14. The van der Waals surface area contributed by atoms with Crippen LogP contribution in [0.25, 0.3) is 27.1 Å². The van der Waals surface area contributed by atoms with Gasteiger partial charge in [0.25, 0.3) is 0 Å². The third kappa shape index (κ3) is 7.78. The highest BCUT2D eigenvalue weighted by Crippen LogP contribution is 2.32. The predicted molar refractivity (Wildman–Crippen MR) is 210 cm³/mol. The van der Waals surface area contributed by atoms with E-state index in [1.54, 1.807) is 0 Å². The first-order chi connectivity index (χ1) is 24.8. The molecule has 2 saturated heterocycles. The molecule has 8 heteroatoms. The van der Waals surface area contributed by atoms with E-state index in [1.807, 2.05) is 17.4 Å². The predicted octanol–water partition coefficient (Wildman–Crippen LogP) is 7.98. The summed E-state index contributed by atoms with van der Waals surface area (Å²) in [6.45, 7) is 12.5. The highest BCUT2D eigenvalue weighted by Gasteiger charge is 2.21. The van der Waals surface area contributed by atoms with E-state index in [0.717, 1.165) is 121 Å². The molecule has 0 saturated carbocycles. The Bertz CT molecular complexity index is 1910. The molecule has 0 radical (unpaired) electrons. The maximum Gasteiger partial charge on any atom is 0.213 e. The van der Waals surface area contributed by atoms with Gasteiger partial charge in [-0.2, -0.15) is 0 Å². The molecule has 0 atom stereocenters. The van der Waals surface area contributed by atoms with Gasteiger partial charge in [-0.25, -0.2) is 4.98 Å². The Balaban J connectivity index is 0.713. The Morgan fingerprint density at radius 1 is 0.660 bits per heavy atom. The summed E-state index contributed by atoms with van der Waals surface area (Å²) in [5, 5.41) is 4.70. The first kappa shape index (κ1) is 33.1. The van der Waals surface area contributed by atoms with Crippen molar-refractivity contribution in [3.8, 4) is 11.6 Å². The molecule has 8 rings (SSSR count). The Labute approximate surface area is 300 Å². The average Bonchev–Trinajstić information content (AvgIpc) is 3.85. The first-order valence-electron chi connectivity index (χ1n) is 18.6. The fraction of sp³-hybridized carbons (Fsp3) is 0.405. The molecule has 7 nitrogen and oxygen atoms in total. The van der Waals surface area contributed by atoms with E-state index < -0.39 is 0 Å². The highest BCUT2D eigenvalue weighted by atomic mass is 32.1. The minimum absolute atomic E-state index is 0.691. The fourth-order valence-electron chi connectivity index (χ4n) is 7.72. The second-order valence-corrected chi connectivity index (χ2v) is 14.8. The number of benzene rings is 3. The van der Waals surface area contributed by atoms with E-state index in [4.69, 9.17) is 14.5 Å². The normalized spacial score (nSPS) is 16.8. The molecule has 1 aliphatic carbocycles. The van der Waals surface area contributed by atoms with Gasteiger partial charge in [0, 0.05) is 96.9 Å². The molecule has 0 unspecified atom stereocenters. The molecule has 0 N–H and O–H groups in total. The summed E-state index contributed by atoms with van der Waals surface area (Å²) in [5.74, 6) is 1.58. The minimum atomic E-state index is 0.691. The van der Waals surface area contributed by atoms with Gasteiger partial charge in [-0.15, -0.1) is 11.3 Å². The number of nitrogens with zero attached hydrogens (tertiary/aromatic N) is 5. The largest absolute Gasteiger partial charge is 0.494 e. The molecule has 5 aromatic rings. The lowest BCUT2D eigenvalue weighted by Crippen LogP contribution is -2.46. The lowest BCUT2D eigenvalue weighted by atomic mass is 10.1. The number of anilines is 2. The minimum Gasteiger partial charge on any atom is -0.494 e. The van der Waals surface area contributed by atoms with Crippen molar-refractivity contribution in [2.75, 3.05) is 88.5 Å². The van der Waals surface area contributed by atoms with Crippen LogP contribution in [-0.2, 0) is 6.42 Å². The number of aromatic nitrogens is 1. The fourth-order valence-corrected chi connectivity index (χ4v) is 8.53. The zero-order chi connectivity index (χ0) is 33.5. The van der Waals surface area contributed by atoms with E-state index in [0.29, 0.717) is 12.5 Å². The third-order valence-electron chi connectivity index (χ3n) is 10.6. The number of allylic oxidation sites excluding steroid dienone is 1. The van der Waals surface area contributed by atoms with Crippen LogP contribution >= 0.6 is 11.3 Å². The quantitative estimate of drug-likeness (QED) is 0.110. The number of hydrogen-bond donors (Lipinski definition) is 0. The van der Waals surface area contributed by atoms with Crippen molar-refractivity contribution in [1.82, 2.24) is 14.8 Å². The second kappa shape index (κ2) is 15.8. The monoisotopic (exact) mass is 687 g/mol. The van der Waals surface area contributed by atoms with Crippen LogP contribution in [0.3, 0.4) is 0 Å². The van der Waals surface area contributed by atoms with Crippen molar-refractivity contribution >= 4 is 49.8 Å². The maximum absolute atomic E-state index is 6.16. The lowest BCUT2D eigenvalue weighted by molar-refractivity contribution is 0.236. The number of thiophene rings is 1. The van der Waals surface area contributed by atoms with Gasteiger partial charge < -0.3 is 19.3 Å². The van der Waals surface area contributed by atoms with Gasteiger partial charge in [-0.05, 0) is 98.6 Å². The molecule has 3 aliphatic rings. The number of fused-ring (bicyclic) bond motifs is 3. The molecule has 4 heterocycles. The first-order valence-corrected chi connectivity index (χ1v) is 19.5. The van der Waals surface area contributed by atoms with E-state index in [9.17, 15) is 0 Å². The molecule has 50 heavy (non-hydrogen) atoms. The van der Waals surface area contributed by atoms with Crippen LogP contribution in [0.1, 0.15) is 36.8 Å². The van der Waals surface area contributed by atoms with Gasteiger partial charge in [-0.1, -0.05) is 30.4 Å². The summed E-state index contributed by atoms with van der Waals surface area (Å²) in [6.07, 6.45) is 10.0. The molecular formula is C42H49N5O2S. The number of ether oxygens (including phenoxy) is 2. The average molecular weight is 688 g/mol. The second-order valence-electron chi connectivity index (χ2n) is 13.8. The van der Waals surface area contributed by atoms with Crippen molar-refractivity contribution in [2.24, 2.45) is 0 Å². The number of pyridine rings is 1. The summed E-state index contributed by atoms with van der Waals surface area (Å²) >= 11 is 1.83. The smallest absolute Gasteiger partial charge is 0.213 e. The van der Waals surface area contributed by atoms with Crippen LogP contribution in [0, 0.1) is 0 Å². The third-order valence-corrected chi connectivity index (χ3v) is 11.5. The standard InChI is InChI=1S/C42H49N5O2S/c1(19-44-23-27-47(28-24-44)40-12-7-13-41-37(40)18-31-50-41)3-29-48-35-16-14-34-15-17-42(43-38(34)32-35)49-30-4-2-20-45-21-25-46(26-22-45)39-11-6-9-33-8-5-10-36(33)39/h5-7,9-18,31-32H,1-4,8,19-30H2. The summed E-state index contributed by atoms with van der Waals surface area (Å²) in [5.41, 5.74) is 6.61. The zero-order valence-corrected chi connectivity index (χ0v) is 30.0. The summed E-state index contributed by atoms with van der Waals surface area (Å²) in [6, 6.07) is 26.0. The number of unbranched alkanes of at least 4 members (excludes halogenated alkanes) is 2. The Kier molecular flexibility index (Phi) is 10.5. The number of hydrogen-bond acceptors (Lipinski definition) is 8. The van der Waals surface area contributed by atoms with Gasteiger partial charge in [0.2, 0.25) is 5.88 Å². The van der Waals surface area contributed by atoms with Crippen LogP contribution in [-0.4, -0.2) is 93.4 Å². The summed E-state index contributed by atoms with van der Waals surface area (Å²) < 4.78 is 13.6. The van der Waals surface area contributed by atoms with Crippen molar-refractivity contribution in [3.63, 3.8) is 0 Å². The summed E-state index contributed by atoms with van der Waals surface area (Å²) in [7, 11) is 0. The molecule has 2 fully saturated rings. The SMILES string of the molecule is C1=Cc2c(cccc2N2CCN(CCCCOc3ccc4ccc(OCCCCN5CCN(c6cccc7sccc67)CC5)cc4n3)CC2)C1. The highest BCUT2D eigenvalue weighted by molar-refractivity contribution is 7.17. The van der Waals surface area contributed by atoms with E-state index >= 15 is 0 Å². The van der Waals surface area contributed by atoms with Gasteiger partial charge >= 0.3 is 0 Å². The van der Waals surface area contributed by atoms with Crippen LogP contribution in [0.15, 0.2) is 84.3 Å². The van der Waals surface area contributed by atoms with Gasteiger partial charge in [-0.3, -0.25) is 9.80 Å². The van der Waals surface area contributed by atoms with Crippen molar-refractivity contribution in [3.05, 3.63) is 95.4 Å². The maximum atomic E-state index is 6.16. The van der Waals surface area contributed by atoms with Crippen LogP contribution < -0.4 is 19.3 Å². The molecule has 0 bridgehead atoms. The van der Waals surface area contributed by atoms with E-state index in [2.05, 4.69) is 104 Å². The van der Waals surface area contributed by atoms with Crippen molar-refractivity contribution in [1.29, 1.82) is 0 Å². The van der Waals surface area contributed by atoms with Crippen LogP contribution in [0.4, 0.5) is 11.4 Å². The molecule has 0 amide bonds. The molecule has 2 aromatic heterocycles. The van der Waals surface area contributed by atoms with E-state index in [1.165, 1.54) is 32.6 Å². The Morgan fingerprint density at radius 3 is 2.16 bits per heavy atom. The van der Waals surface area contributed by atoms with Gasteiger partial charge in [0.1, 0.15) is 5.75 Å².